The number of ether oxygens (including phenoxy) is 2. The van der Waals surface area contributed by atoms with Gasteiger partial charge < -0.3 is 13.9 Å². The van der Waals surface area contributed by atoms with Gasteiger partial charge in [-0.1, -0.05) is 60.2 Å². The zero-order valence-electron chi connectivity index (χ0n) is 18.6. The first-order valence-electron chi connectivity index (χ1n) is 10.8. The van der Waals surface area contributed by atoms with Gasteiger partial charge >= 0.3 is 6.18 Å². The number of aryl methyl sites for hydroxylation is 1. The van der Waals surface area contributed by atoms with Crippen molar-refractivity contribution in [3.05, 3.63) is 112 Å². The average Bonchev–Trinajstić information content (AvgIpc) is 2.84. The molecule has 5 rings (SSSR count). The number of alkyl halides is 3. The van der Waals surface area contributed by atoms with Gasteiger partial charge in [0.25, 0.3) is 5.76 Å². The summed E-state index contributed by atoms with van der Waals surface area (Å²) in [7, 11) is 0. The average molecular weight is 476 g/mol. The predicted octanol–water partition coefficient (Wildman–Crippen LogP) is 7.64. The molecule has 0 saturated carbocycles. The smallest absolute Gasteiger partial charge is 0.453 e. The molecule has 1 heterocycles. The molecule has 0 atom stereocenters. The lowest BCUT2D eigenvalue weighted by molar-refractivity contribution is -0.154. The Kier molecular flexibility index (Phi) is 5.68. The van der Waals surface area contributed by atoms with E-state index in [-0.39, 0.29) is 29.1 Å². The summed E-state index contributed by atoms with van der Waals surface area (Å²) in [4.78, 5) is 13.1. The van der Waals surface area contributed by atoms with Crippen LogP contribution in [0.2, 0.25) is 0 Å². The molecule has 0 aliphatic carbocycles. The monoisotopic (exact) mass is 476 g/mol. The van der Waals surface area contributed by atoms with Gasteiger partial charge in [0.2, 0.25) is 11.2 Å². The lowest BCUT2D eigenvalue weighted by Gasteiger charge is -2.14. The minimum Gasteiger partial charge on any atom is -0.489 e. The summed E-state index contributed by atoms with van der Waals surface area (Å²) in [5, 5.41) is 1.61. The Balaban J connectivity index is 1.52. The van der Waals surface area contributed by atoms with Crippen LogP contribution < -0.4 is 14.9 Å². The highest BCUT2D eigenvalue weighted by molar-refractivity contribution is 5.84. The summed E-state index contributed by atoms with van der Waals surface area (Å²) in [6.45, 7) is 2.18. The molecule has 1 aromatic heterocycles. The molecule has 0 spiro atoms. The normalized spacial score (nSPS) is 11.7. The minimum absolute atomic E-state index is 0.0449. The van der Waals surface area contributed by atoms with Crippen molar-refractivity contribution in [1.29, 1.82) is 0 Å². The van der Waals surface area contributed by atoms with E-state index in [9.17, 15) is 18.0 Å². The Hall–Kier alpha value is -4.26. The molecule has 176 valence electrons. The van der Waals surface area contributed by atoms with E-state index in [1.807, 2.05) is 43.3 Å². The van der Waals surface area contributed by atoms with Gasteiger partial charge in [0, 0.05) is 6.07 Å². The fourth-order valence-corrected chi connectivity index (χ4v) is 3.73. The Morgan fingerprint density at radius 3 is 2.29 bits per heavy atom. The molecular formula is C28H19F3O4. The van der Waals surface area contributed by atoms with E-state index in [0.717, 1.165) is 21.9 Å². The molecule has 7 heteroatoms. The topological polar surface area (TPSA) is 48.7 Å². The summed E-state index contributed by atoms with van der Waals surface area (Å²) in [5.74, 6) is -2.04. The molecule has 0 saturated heterocycles. The Morgan fingerprint density at radius 2 is 1.54 bits per heavy atom. The fraction of sp³-hybridized carbons (Fsp3) is 0.107. The van der Waals surface area contributed by atoms with Gasteiger partial charge in [-0.3, -0.25) is 4.79 Å². The van der Waals surface area contributed by atoms with Crippen molar-refractivity contribution in [3.63, 3.8) is 0 Å². The van der Waals surface area contributed by atoms with Gasteiger partial charge in [-0.15, -0.1) is 0 Å². The van der Waals surface area contributed by atoms with Crippen molar-refractivity contribution in [3.8, 4) is 17.2 Å². The minimum atomic E-state index is -4.95. The first kappa shape index (κ1) is 22.5. The van der Waals surface area contributed by atoms with Crippen molar-refractivity contribution < 1.29 is 27.1 Å². The van der Waals surface area contributed by atoms with E-state index in [0.29, 0.717) is 0 Å². The number of hydrogen-bond acceptors (Lipinski definition) is 4. The zero-order valence-corrected chi connectivity index (χ0v) is 18.6. The highest BCUT2D eigenvalue weighted by Gasteiger charge is 2.40. The molecular weight excluding hydrogens is 457 g/mol. The van der Waals surface area contributed by atoms with E-state index >= 15 is 0 Å². The van der Waals surface area contributed by atoms with Crippen LogP contribution in [0.25, 0.3) is 21.7 Å². The molecule has 0 N–H and O–H groups in total. The molecule has 0 bridgehead atoms. The molecule has 4 nitrogen and oxygen atoms in total. The quantitative estimate of drug-likeness (QED) is 0.261. The maximum absolute atomic E-state index is 13.9. The summed E-state index contributed by atoms with van der Waals surface area (Å²) in [5.41, 5.74) is 0.835. The van der Waals surface area contributed by atoms with Gasteiger partial charge in [-0.25, -0.2) is 0 Å². The second kappa shape index (κ2) is 8.83. The van der Waals surface area contributed by atoms with E-state index in [2.05, 4.69) is 0 Å². The van der Waals surface area contributed by atoms with Crippen LogP contribution in [-0.4, -0.2) is 0 Å². The fourth-order valence-electron chi connectivity index (χ4n) is 3.73. The maximum Gasteiger partial charge on any atom is 0.453 e. The molecule has 5 aromatic rings. The van der Waals surface area contributed by atoms with E-state index in [1.54, 1.807) is 24.3 Å². The zero-order chi connectivity index (χ0) is 24.6. The predicted molar refractivity (Wildman–Crippen MR) is 127 cm³/mol. The van der Waals surface area contributed by atoms with E-state index in [4.69, 9.17) is 13.9 Å². The molecule has 0 aliphatic rings. The van der Waals surface area contributed by atoms with Crippen LogP contribution in [0.1, 0.15) is 16.9 Å². The largest absolute Gasteiger partial charge is 0.489 e. The van der Waals surface area contributed by atoms with Gasteiger partial charge in [0.15, 0.2) is 0 Å². The highest BCUT2D eigenvalue weighted by Crippen LogP contribution is 2.39. The van der Waals surface area contributed by atoms with E-state index < -0.39 is 23.1 Å². The third kappa shape index (κ3) is 4.71. The van der Waals surface area contributed by atoms with Crippen LogP contribution in [0.15, 0.2) is 94.1 Å². The molecule has 0 aliphatic heterocycles. The van der Waals surface area contributed by atoms with Crippen molar-refractivity contribution in [1.82, 2.24) is 0 Å². The number of fused-ring (bicyclic) bond motifs is 2. The number of hydrogen-bond donors (Lipinski definition) is 0. The SMILES string of the molecule is Cc1ccc(COc2ccc3c(=O)c(Oc4ccc5ccccc5c4)c(C(F)(F)F)oc3c2)cc1. The van der Waals surface area contributed by atoms with Gasteiger partial charge in [0.05, 0.1) is 5.39 Å². The molecule has 0 radical (unpaired) electrons. The van der Waals surface area contributed by atoms with Crippen molar-refractivity contribution in [2.24, 2.45) is 0 Å². The third-order valence-electron chi connectivity index (χ3n) is 5.55. The van der Waals surface area contributed by atoms with Crippen LogP contribution in [-0.2, 0) is 12.8 Å². The molecule has 0 fully saturated rings. The Labute approximate surface area is 198 Å². The first-order chi connectivity index (χ1) is 16.8. The lowest BCUT2D eigenvalue weighted by atomic mass is 10.1. The van der Waals surface area contributed by atoms with Gasteiger partial charge in [-0.05, 0) is 47.5 Å². The van der Waals surface area contributed by atoms with Crippen molar-refractivity contribution in [2.75, 3.05) is 0 Å². The van der Waals surface area contributed by atoms with Crippen LogP contribution in [0.5, 0.6) is 17.2 Å². The number of rotatable bonds is 5. The molecule has 35 heavy (non-hydrogen) atoms. The van der Waals surface area contributed by atoms with E-state index in [1.165, 1.54) is 24.3 Å². The third-order valence-corrected chi connectivity index (χ3v) is 5.55. The summed E-state index contributed by atoms with van der Waals surface area (Å²) in [6.07, 6.45) is -4.95. The molecule has 0 unspecified atom stereocenters. The first-order valence-corrected chi connectivity index (χ1v) is 10.8. The van der Waals surface area contributed by atoms with Crippen LogP contribution in [0.4, 0.5) is 13.2 Å². The van der Waals surface area contributed by atoms with Crippen LogP contribution >= 0.6 is 0 Å². The second-order valence-corrected chi connectivity index (χ2v) is 8.13. The van der Waals surface area contributed by atoms with Crippen molar-refractivity contribution >= 4 is 21.7 Å². The standard InChI is InChI=1S/C28H19F3O4/c1-17-6-8-18(9-7-17)16-33-21-12-13-23-24(15-21)35-27(28(29,30)31)26(25(23)32)34-22-11-10-19-4-2-3-5-20(19)14-22/h2-15H,16H2,1H3. The Bertz CT molecular complexity index is 1590. The summed E-state index contributed by atoms with van der Waals surface area (Å²) >= 11 is 0. The second-order valence-electron chi connectivity index (χ2n) is 8.13. The summed E-state index contributed by atoms with van der Waals surface area (Å²) < 4.78 is 58.0. The summed E-state index contributed by atoms with van der Waals surface area (Å²) in [6, 6.07) is 23.9. The highest BCUT2D eigenvalue weighted by atomic mass is 19.4. The van der Waals surface area contributed by atoms with Crippen LogP contribution in [0.3, 0.4) is 0 Å². The molecule has 0 amide bonds. The maximum atomic E-state index is 13.9. The molecule has 4 aromatic carbocycles. The van der Waals surface area contributed by atoms with Gasteiger partial charge in [0.1, 0.15) is 23.7 Å². The number of benzene rings is 4. The van der Waals surface area contributed by atoms with Crippen LogP contribution in [0, 0.1) is 6.92 Å². The number of halogens is 3. The van der Waals surface area contributed by atoms with Gasteiger partial charge in [-0.2, -0.15) is 13.2 Å². The van der Waals surface area contributed by atoms with Crippen molar-refractivity contribution in [2.45, 2.75) is 19.7 Å². The lowest BCUT2D eigenvalue weighted by Crippen LogP contribution is -2.15. The Morgan fingerprint density at radius 1 is 0.829 bits per heavy atom.